The highest BCUT2D eigenvalue weighted by molar-refractivity contribution is 6.40. The Hall–Kier alpha value is -4.02. The number of carbonyl (C=O) groups is 2. The normalized spacial score (nSPS) is 12.0. The molecule has 4 nitrogen and oxygen atoms in total. The molecule has 0 unspecified atom stereocenters. The van der Waals surface area contributed by atoms with E-state index in [2.05, 4.69) is 0 Å². The lowest BCUT2D eigenvalue weighted by atomic mass is 9.79. The van der Waals surface area contributed by atoms with Crippen molar-refractivity contribution in [1.29, 1.82) is 0 Å². The van der Waals surface area contributed by atoms with Crippen LogP contribution in [-0.4, -0.2) is 16.9 Å². The summed E-state index contributed by atoms with van der Waals surface area (Å²) in [6, 6.07) is 35.2. The lowest BCUT2D eigenvalue weighted by molar-refractivity contribution is -0.157. The number of ether oxygens (including phenoxy) is 1. The Labute approximate surface area is 186 Å². The van der Waals surface area contributed by atoms with E-state index in [-0.39, 0.29) is 5.56 Å². The highest BCUT2D eigenvalue weighted by atomic mass is 16.6. The van der Waals surface area contributed by atoms with E-state index in [0.717, 1.165) is 0 Å². The first-order valence-electron chi connectivity index (χ1n) is 10.3. The topological polar surface area (TPSA) is 63.6 Å². The van der Waals surface area contributed by atoms with Gasteiger partial charge in [0.05, 0.1) is 0 Å². The molecule has 0 radical (unpaired) electrons. The minimum absolute atomic E-state index is 0.229. The van der Waals surface area contributed by atoms with E-state index < -0.39 is 23.5 Å². The smallest absolute Gasteiger partial charge is 0.380 e. The zero-order valence-electron chi connectivity index (χ0n) is 17.3. The molecule has 0 heterocycles. The van der Waals surface area contributed by atoms with Gasteiger partial charge in [-0.3, -0.25) is 4.79 Å². The summed E-state index contributed by atoms with van der Waals surface area (Å²) in [5, 5.41) is 12.2. The summed E-state index contributed by atoms with van der Waals surface area (Å²) in [4.78, 5) is 25.7. The summed E-state index contributed by atoms with van der Waals surface area (Å²) in [5.74, 6) is -1.80. The van der Waals surface area contributed by atoms with Gasteiger partial charge in [-0.1, -0.05) is 121 Å². The molecule has 0 bridgehead atoms. The Morgan fingerprint density at radius 1 is 0.625 bits per heavy atom. The molecule has 4 aromatic carbocycles. The van der Waals surface area contributed by atoms with Gasteiger partial charge in [0.2, 0.25) is 0 Å². The van der Waals surface area contributed by atoms with E-state index in [1.807, 2.05) is 42.5 Å². The van der Waals surface area contributed by atoms with Crippen molar-refractivity contribution >= 4 is 11.8 Å². The highest BCUT2D eigenvalue weighted by Crippen LogP contribution is 2.43. The van der Waals surface area contributed by atoms with Crippen molar-refractivity contribution in [1.82, 2.24) is 0 Å². The first-order chi connectivity index (χ1) is 15.6. The molecule has 4 rings (SSSR count). The van der Waals surface area contributed by atoms with Crippen molar-refractivity contribution in [2.24, 2.45) is 0 Å². The van der Waals surface area contributed by atoms with E-state index in [4.69, 9.17) is 4.74 Å². The van der Waals surface area contributed by atoms with Crippen LogP contribution in [0.1, 0.15) is 33.2 Å². The van der Waals surface area contributed by atoms with E-state index >= 15 is 0 Å². The fourth-order valence-electron chi connectivity index (χ4n) is 3.74. The highest BCUT2D eigenvalue weighted by Gasteiger charge is 2.44. The van der Waals surface area contributed by atoms with Gasteiger partial charge in [0.25, 0.3) is 5.78 Å². The Morgan fingerprint density at radius 2 is 1.03 bits per heavy atom. The zero-order chi connectivity index (χ0) is 22.4. The molecule has 0 aliphatic heterocycles. The number of hydrogen-bond acceptors (Lipinski definition) is 4. The summed E-state index contributed by atoms with van der Waals surface area (Å²) in [6.45, 7) is 0. The first-order valence-corrected chi connectivity index (χ1v) is 10.3. The number of benzene rings is 4. The Kier molecular flexibility index (Phi) is 6.24. The van der Waals surface area contributed by atoms with Gasteiger partial charge >= 0.3 is 5.97 Å². The van der Waals surface area contributed by atoms with Gasteiger partial charge in [0.15, 0.2) is 11.7 Å². The second kappa shape index (κ2) is 9.41. The zero-order valence-corrected chi connectivity index (χ0v) is 17.3. The number of carbonyl (C=O) groups excluding carboxylic acids is 2. The fraction of sp³-hybridized carbons (Fsp3) is 0.0714. The summed E-state index contributed by atoms with van der Waals surface area (Å²) >= 11 is 0. The van der Waals surface area contributed by atoms with Gasteiger partial charge in [0, 0.05) is 5.56 Å². The van der Waals surface area contributed by atoms with E-state index in [1.165, 1.54) is 0 Å². The number of aliphatic hydroxyl groups is 1. The predicted octanol–water partition coefficient (Wildman–Crippen LogP) is 5.09. The Morgan fingerprint density at radius 3 is 1.50 bits per heavy atom. The van der Waals surface area contributed by atoms with Crippen LogP contribution in [0.2, 0.25) is 0 Å². The molecule has 1 atom stereocenters. The third kappa shape index (κ3) is 4.22. The lowest BCUT2D eigenvalue weighted by Crippen LogP contribution is -2.38. The van der Waals surface area contributed by atoms with Crippen LogP contribution >= 0.6 is 0 Å². The van der Waals surface area contributed by atoms with Gasteiger partial charge in [0.1, 0.15) is 0 Å². The molecule has 0 aromatic heterocycles. The molecule has 0 aliphatic rings. The van der Waals surface area contributed by atoms with Crippen LogP contribution in [0.5, 0.6) is 0 Å². The Balaban J connectivity index is 1.83. The molecule has 1 N–H and O–H groups in total. The molecule has 0 spiro atoms. The molecule has 158 valence electrons. The van der Waals surface area contributed by atoms with Crippen molar-refractivity contribution in [2.45, 2.75) is 11.7 Å². The molecule has 0 saturated heterocycles. The number of rotatable bonds is 7. The minimum atomic E-state index is -1.73. The van der Waals surface area contributed by atoms with Crippen LogP contribution in [-0.2, 0) is 15.1 Å². The largest absolute Gasteiger partial charge is 0.448 e. The summed E-state index contributed by atoms with van der Waals surface area (Å²) in [7, 11) is 0. The van der Waals surface area contributed by atoms with Crippen LogP contribution in [0.15, 0.2) is 121 Å². The summed E-state index contributed by atoms with van der Waals surface area (Å²) in [6.07, 6.45) is -1.16. The summed E-state index contributed by atoms with van der Waals surface area (Å²) < 4.78 is 5.79. The number of ketones is 1. The van der Waals surface area contributed by atoms with Gasteiger partial charge in [-0.2, -0.15) is 0 Å². The van der Waals surface area contributed by atoms with Crippen molar-refractivity contribution in [3.05, 3.63) is 144 Å². The molecule has 4 heteroatoms. The average molecular weight is 422 g/mol. The SMILES string of the molecule is O=C(O[C@@H](c1ccccc1)C(O)(c1ccccc1)c1ccccc1)C(=O)c1ccccc1. The van der Waals surface area contributed by atoms with E-state index in [1.54, 1.807) is 78.9 Å². The lowest BCUT2D eigenvalue weighted by Gasteiger charge is -2.36. The third-order valence-electron chi connectivity index (χ3n) is 5.36. The number of Topliss-reactive ketones (excluding diaryl/α,β-unsaturated/α-hetero) is 1. The fourth-order valence-corrected chi connectivity index (χ4v) is 3.74. The van der Waals surface area contributed by atoms with Crippen LogP contribution in [0, 0.1) is 0 Å². The van der Waals surface area contributed by atoms with Crippen LogP contribution < -0.4 is 0 Å². The van der Waals surface area contributed by atoms with Gasteiger partial charge < -0.3 is 9.84 Å². The second-order valence-corrected chi connectivity index (χ2v) is 7.39. The van der Waals surface area contributed by atoms with Gasteiger partial charge in [-0.25, -0.2) is 4.79 Å². The van der Waals surface area contributed by atoms with Crippen molar-refractivity contribution < 1.29 is 19.4 Å². The number of hydrogen-bond donors (Lipinski definition) is 1. The van der Waals surface area contributed by atoms with Gasteiger partial charge in [-0.15, -0.1) is 0 Å². The van der Waals surface area contributed by atoms with E-state index in [0.29, 0.717) is 16.7 Å². The minimum Gasteiger partial charge on any atom is -0.448 e. The average Bonchev–Trinajstić information content (AvgIpc) is 2.88. The molecule has 0 saturated carbocycles. The van der Waals surface area contributed by atoms with E-state index in [9.17, 15) is 14.7 Å². The molecule has 4 aromatic rings. The predicted molar refractivity (Wildman–Crippen MR) is 122 cm³/mol. The van der Waals surface area contributed by atoms with Crippen LogP contribution in [0.4, 0.5) is 0 Å². The van der Waals surface area contributed by atoms with Crippen molar-refractivity contribution in [2.75, 3.05) is 0 Å². The maximum absolute atomic E-state index is 13.0. The molecule has 0 fully saturated rings. The summed E-state index contributed by atoms with van der Waals surface area (Å²) in [5.41, 5.74) is 0.153. The number of esters is 1. The third-order valence-corrected chi connectivity index (χ3v) is 5.36. The molecule has 32 heavy (non-hydrogen) atoms. The van der Waals surface area contributed by atoms with Gasteiger partial charge in [-0.05, 0) is 16.7 Å². The Bertz CT molecular complexity index is 1130. The maximum Gasteiger partial charge on any atom is 0.380 e. The molecule has 0 aliphatic carbocycles. The molecule has 0 amide bonds. The monoisotopic (exact) mass is 422 g/mol. The molecular weight excluding hydrogens is 400 g/mol. The first kappa shape index (κ1) is 21.2. The van der Waals surface area contributed by atoms with Crippen molar-refractivity contribution in [3.8, 4) is 0 Å². The molecular formula is C28H22O4. The van der Waals surface area contributed by atoms with Crippen LogP contribution in [0.25, 0.3) is 0 Å². The van der Waals surface area contributed by atoms with Crippen LogP contribution in [0.3, 0.4) is 0 Å². The van der Waals surface area contributed by atoms with Crippen molar-refractivity contribution in [3.63, 3.8) is 0 Å². The second-order valence-electron chi connectivity index (χ2n) is 7.39. The quantitative estimate of drug-likeness (QED) is 0.256. The maximum atomic E-state index is 13.0. The standard InChI is InChI=1S/C28H22O4/c29-25(21-13-5-1-6-14-21)27(30)32-26(22-15-7-2-8-16-22)28(31,23-17-9-3-10-18-23)24-19-11-4-12-20-24/h1-20,26,31H/t26-/m0/s1.